The molecule has 0 spiro atoms. The molecule has 7 heteroatoms. The number of hydrogen-bond donors (Lipinski definition) is 1. The molecule has 1 atom stereocenters. The zero-order valence-electron chi connectivity index (χ0n) is 25.9. The van der Waals surface area contributed by atoms with Crippen LogP contribution in [0.15, 0.2) is 24.3 Å². The third-order valence-corrected chi connectivity index (χ3v) is 6.77. The zero-order valence-corrected chi connectivity index (χ0v) is 25.9. The first kappa shape index (κ1) is 37.9. The molecule has 0 aliphatic heterocycles. The molecule has 0 aromatic rings. The Morgan fingerprint density at radius 3 is 1.98 bits per heavy atom. The van der Waals surface area contributed by atoms with Crippen molar-refractivity contribution in [3.63, 3.8) is 0 Å². The fourth-order valence-corrected chi connectivity index (χ4v) is 4.30. The van der Waals surface area contributed by atoms with Gasteiger partial charge in [0.25, 0.3) is 0 Å². The quantitative estimate of drug-likeness (QED) is 0.0448. The minimum atomic E-state index is -0.183. The molecule has 232 valence electrons. The van der Waals surface area contributed by atoms with Crippen LogP contribution < -0.4 is 5.32 Å². The van der Waals surface area contributed by atoms with Gasteiger partial charge in [0.1, 0.15) is 12.7 Å². The lowest BCUT2D eigenvalue weighted by Crippen LogP contribution is -2.17. The van der Waals surface area contributed by atoms with Crippen molar-refractivity contribution in [3.05, 3.63) is 24.3 Å². The molecule has 0 heterocycles. The molecule has 0 aromatic carbocycles. The van der Waals surface area contributed by atoms with Crippen LogP contribution in [0.2, 0.25) is 0 Å². The Balaban J connectivity index is 4.07. The maximum Gasteiger partial charge on any atom is 0.306 e. The number of allylic oxidation sites excluding steroid dienone is 2. The number of ether oxygens (including phenoxy) is 3. The largest absolute Gasteiger partial charge is 0.469 e. The van der Waals surface area contributed by atoms with Crippen molar-refractivity contribution >= 4 is 17.9 Å². The van der Waals surface area contributed by atoms with Crippen LogP contribution in [0.3, 0.4) is 0 Å². The molecule has 1 unspecified atom stereocenters. The second kappa shape index (κ2) is 29.8. The summed E-state index contributed by atoms with van der Waals surface area (Å²) in [5.74, 6) is -0.402. The minimum absolute atomic E-state index is 0.113. The Labute approximate surface area is 244 Å². The van der Waals surface area contributed by atoms with Gasteiger partial charge in [0.15, 0.2) is 0 Å². The average Bonchev–Trinajstić information content (AvgIpc) is 2.95. The highest BCUT2D eigenvalue weighted by molar-refractivity contribution is 5.70. The number of carbonyl (C=O) groups is 3. The van der Waals surface area contributed by atoms with Crippen molar-refractivity contribution in [2.45, 2.75) is 141 Å². The van der Waals surface area contributed by atoms with Crippen molar-refractivity contribution in [1.29, 1.82) is 0 Å². The molecule has 0 aromatic heterocycles. The fraction of sp³-hybridized carbons (Fsp3) is 0.788. The highest BCUT2D eigenvalue weighted by Crippen LogP contribution is 2.14. The second-order valence-electron chi connectivity index (χ2n) is 10.5. The number of methoxy groups -OCH3 is 1. The summed E-state index contributed by atoms with van der Waals surface area (Å²) < 4.78 is 15.7. The highest BCUT2D eigenvalue weighted by Gasteiger charge is 2.11. The van der Waals surface area contributed by atoms with Crippen molar-refractivity contribution < 1.29 is 28.6 Å². The van der Waals surface area contributed by atoms with Crippen LogP contribution >= 0.6 is 0 Å². The summed E-state index contributed by atoms with van der Waals surface area (Å²) in [6.45, 7) is 3.39. The van der Waals surface area contributed by atoms with Gasteiger partial charge in [-0.2, -0.15) is 0 Å². The number of esters is 3. The van der Waals surface area contributed by atoms with E-state index >= 15 is 0 Å². The monoisotopic (exact) mass is 565 g/mol. The van der Waals surface area contributed by atoms with Crippen molar-refractivity contribution in [2.24, 2.45) is 0 Å². The average molecular weight is 566 g/mol. The summed E-state index contributed by atoms with van der Waals surface area (Å²) in [5.41, 5.74) is 0. The van der Waals surface area contributed by atoms with E-state index in [9.17, 15) is 14.4 Å². The molecule has 0 fully saturated rings. The van der Waals surface area contributed by atoms with E-state index in [-0.39, 0.29) is 24.0 Å². The number of hydrogen-bond acceptors (Lipinski definition) is 7. The van der Waals surface area contributed by atoms with Crippen LogP contribution in [0.1, 0.15) is 135 Å². The maximum atomic E-state index is 12.2. The Bertz CT molecular complexity index is 676. The molecule has 0 saturated carbocycles. The Morgan fingerprint density at radius 2 is 1.27 bits per heavy atom. The van der Waals surface area contributed by atoms with Gasteiger partial charge in [-0.3, -0.25) is 14.4 Å². The first-order valence-electron chi connectivity index (χ1n) is 15.9. The van der Waals surface area contributed by atoms with E-state index in [0.29, 0.717) is 25.9 Å². The van der Waals surface area contributed by atoms with Crippen molar-refractivity contribution in [2.75, 3.05) is 27.3 Å². The summed E-state index contributed by atoms with van der Waals surface area (Å²) in [4.78, 5) is 35.3. The third kappa shape index (κ3) is 27.4. The summed E-state index contributed by atoms with van der Waals surface area (Å²) in [6.07, 6.45) is 27.0. The third-order valence-electron chi connectivity index (χ3n) is 6.77. The van der Waals surface area contributed by atoms with Crippen LogP contribution in [0.4, 0.5) is 0 Å². The number of rotatable bonds is 28. The van der Waals surface area contributed by atoms with E-state index in [4.69, 9.17) is 9.47 Å². The van der Waals surface area contributed by atoms with E-state index in [0.717, 1.165) is 90.0 Å². The molecular weight excluding hydrogens is 506 g/mol. The fourth-order valence-electron chi connectivity index (χ4n) is 4.30. The number of nitrogens with one attached hydrogen (secondary N) is 1. The first-order chi connectivity index (χ1) is 19.5. The van der Waals surface area contributed by atoms with Gasteiger partial charge >= 0.3 is 17.9 Å². The van der Waals surface area contributed by atoms with E-state index in [1.807, 2.05) is 19.2 Å². The normalized spacial score (nSPS) is 12.2. The minimum Gasteiger partial charge on any atom is -0.469 e. The zero-order chi connectivity index (χ0) is 29.5. The van der Waals surface area contributed by atoms with Crippen molar-refractivity contribution in [1.82, 2.24) is 5.32 Å². The molecule has 7 nitrogen and oxygen atoms in total. The lowest BCUT2D eigenvalue weighted by atomic mass is 10.1. The van der Waals surface area contributed by atoms with Gasteiger partial charge in [-0.1, -0.05) is 76.5 Å². The van der Waals surface area contributed by atoms with E-state index in [2.05, 4.69) is 29.1 Å². The van der Waals surface area contributed by atoms with Gasteiger partial charge in [0.05, 0.1) is 7.11 Å². The molecule has 0 radical (unpaired) electrons. The Hall–Kier alpha value is -2.15. The van der Waals surface area contributed by atoms with Crippen molar-refractivity contribution in [3.8, 4) is 0 Å². The van der Waals surface area contributed by atoms with E-state index in [1.165, 1.54) is 32.8 Å². The lowest BCUT2D eigenvalue weighted by Gasteiger charge is -2.15. The molecule has 0 aliphatic carbocycles. The summed E-state index contributed by atoms with van der Waals surface area (Å²) in [6, 6.07) is 0. The molecule has 0 bridgehead atoms. The molecular formula is C33H59NO6. The standard InChI is InChI=1S/C33H59NO6/c1-4-5-6-7-10-16-21-29-39-32(36)26-20-14-9-8-12-17-23-30(40-33(37)27-22-28-34-2)24-18-13-11-15-19-25-31(35)38-3/h16-17,21,23,30,34H,4-15,18-20,22,24-29H2,1-3H3/b21-16-,23-17+. The predicted octanol–water partition coefficient (Wildman–Crippen LogP) is 7.77. The molecule has 0 amide bonds. The van der Waals surface area contributed by atoms with Gasteiger partial charge in [0, 0.05) is 19.3 Å². The molecule has 0 rings (SSSR count). The second-order valence-corrected chi connectivity index (χ2v) is 10.5. The maximum absolute atomic E-state index is 12.2. The topological polar surface area (TPSA) is 90.9 Å². The van der Waals surface area contributed by atoms with Crippen LogP contribution in [0.25, 0.3) is 0 Å². The van der Waals surface area contributed by atoms with E-state index < -0.39 is 0 Å². The Morgan fingerprint density at radius 1 is 0.675 bits per heavy atom. The van der Waals surface area contributed by atoms with Crippen LogP contribution in [-0.2, 0) is 28.6 Å². The first-order valence-corrected chi connectivity index (χ1v) is 15.9. The van der Waals surface area contributed by atoms with Gasteiger partial charge < -0.3 is 19.5 Å². The summed E-state index contributed by atoms with van der Waals surface area (Å²) in [7, 11) is 3.30. The van der Waals surface area contributed by atoms with E-state index in [1.54, 1.807) is 0 Å². The SMILES string of the molecule is CCCCCC/C=C\COC(=O)CCCCCC/C=C/C(CCCCCCCC(=O)OC)OC(=O)CCCNC. The Kier molecular flexibility index (Phi) is 28.2. The smallest absolute Gasteiger partial charge is 0.306 e. The van der Waals surface area contributed by atoms with Gasteiger partial charge in [0.2, 0.25) is 0 Å². The summed E-state index contributed by atoms with van der Waals surface area (Å²) >= 11 is 0. The number of carbonyl (C=O) groups excluding carboxylic acids is 3. The molecule has 1 N–H and O–H groups in total. The van der Waals surface area contributed by atoms with Crippen LogP contribution in [0.5, 0.6) is 0 Å². The predicted molar refractivity (Wildman–Crippen MR) is 163 cm³/mol. The lowest BCUT2D eigenvalue weighted by molar-refractivity contribution is -0.147. The van der Waals surface area contributed by atoms with Crippen LogP contribution in [0, 0.1) is 0 Å². The van der Waals surface area contributed by atoms with Gasteiger partial charge in [-0.05, 0) is 77.5 Å². The molecule has 0 aliphatic rings. The number of unbranched alkanes of at least 4 members (excludes halogenated alkanes) is 12. The van der Waals surface area contributed by atoms with Gasteiger partial charge in [-0.25, -0.2) is 0 Å². The molecule has 0 saturated heterocycles. The highest BCUT2D eigenvalue weighted by atomic mass is 16.5. The molecule has 40 heavy (non-hydrogen) atoms. The summed E-state index contributed by atoms with van der Waals surface area (Å²) in [5, 5.41) is 3.06. The van der Waals surface area contributed by atoms with Gasteiger partial charge in [-0.15, -0.1) is 0 Å². The van der Waals surface area contributed by atoms with Crippen LogP contribution in [-0.4, -0.2) is 51.3 Å².